The van der Waals surface area contributed by atoms with Crippen LogP contribution in [0.4, 0.5) is 4.79 Å². The first-order chi connectivity index (χ1) is 13.2. The first-order valence-electron chi connectivity index (χ1n) is 9.75. The average molecular weight is 389 g/mol. The number of hydrogen-bond acceptors (Lipinski definition) is 4. The summed E-state index contributed by atoms with van der Waals surface area (Å²) in [6, 6.07) is 6.36. The van der Waals surface area contributed by atoms with E-state index in [4.69, 9.17) is 4.74 Å². The molecule has 7 heteroatoms. The van der Waals surface area contributed by atoms with Crippen LogP contribution in [0.15, 0.2) is 24.3 Å². The molecule has 0 aromatic heterocycles. The quantitative estimate of drug-likeness (QED) is 0.636. The predicted molar refractivity (Wildman–Crippen MR) is 107 cm³/mol. The van der Waals surface area contributed by atoms with E-state index in [1.54, 1.807) is 38.3 Å². The standard InChI is InChI=1S/C21H31N3O4/c1-14(2)7-6-8-15(3)22-18(25)13-24-19(26)21(4,23-20(24)27)16-9-11-17(28-5)12-10-16/h9-12,14-15H,6-8,13H2,1-5H3,(H,22,25)(H,23,27)/t15-,21+/m0/s1. The molecule has 1 aromatic rings. The smallest absolute Gasteiger partial charge is 0.325 e. The summed E-state index contributed by atoms with van der Waals surface area (Å²) in [5.41, 5.74) is -0.566. The van der Waals surface area contributed by atoms with E-state index >= 15 is 0 Å². The molecule has 2 N–H and O–H groups in total. The monoisotopic (exact) mass is 389 g/mol. The molecule has 1 fully saturated rings. The van der Waals surface area contributed by atoms with Crippen molar-refractivity contribution in [3.63, 3.8) is 0 Å². The first-order valence-corrected chi connectivity index (χ1v) is 9.75. The molecule has 0 aliphatic carbocycles. The van der Waals surface area contributed by atoms with E-state index in [1.165, 1.54) is 0 Å². The summed E-state index contributed by atoms with van der Waals surface area (Å²) in [6.07, 6.45) is 3.00. The highest BCUT2D eigenvalue weighted by atomic mass is 16.5. The fraction of sp³-hybridized carbons (Fsp3) is 0.571. The lowest BCUT2D eigenvalue weighted by atomic mass is 9.92. The maximum absolute atomic E-state index is 12.9. The number of rotatable bonds is 9. The molecule has 7 nitrogen and oxygen atoms in total. The predicted octanol–water partition coefficient (Wildman–Crippen LogP) is 2.79. The van der Waals surface area contributed by atoms with Crippen LogP contribution in [0, 0.1) is 5.92 Å². The van der Waals surface area contributed by atoms with Gasteiger partial charge in [-0.3, -0.25) is 14.5 Å². The van der Waals surface area contributed by atoms with Crippen molar-refractivity contribution < 1.29 is 19.1 Å². The molecule has 1 aliphatic rings. The van der Waals surface area contributed by atoms with Gasteiger partial charge in [0.05, 0.1) is 7.11 Å². The number of ether oxygens (including phenoxy) is 1. The molecule has 0 radical (unpaired) electrons. The Morgan fingerprint density at radius 1 is 1.18 bits per heavy atom. The Morgan fingerprint density at radius 2 is 1.82 bits per heavy atom. The number of hydrogen-bond donors (Lipinski definition) is 2. The van der Waals surface area contributed by atoms with Crippen molar-refractivity contribution in [2.75, 3.05) is 13.7 Å². The summed E-state index contributed by atoms with van der Waals surface area (Å²) in [4.78, 5) is 38.5. The third kappa shape index (κ3) is 5.03. The van der Waals surface area contributed by atoms with Crippen molar-refractivity contribution >= 4 is 17.8 Å². The molecular formula is C21H31N3O4. The highest BCUT2D eigenvalue weighted by Crippen LogP contribution is 2.29. The van der Waals surface area contributed by atoms with Crippen molar-refractivity contribution in [3.8, 4) is 5.75 Å². The summed E-state index contributed by atoms with van der Waals surface area (Å²) in [6.45, 7) is 7.62. The summed E-state index contributed by atoms with van der Waals surface area (Å²) >= 11 is 0. The van der Waals surface area contributed by atoms with E-state index in [0.29, 0.717) is 17.2 Å². The average Bonchev–Trinajstić information content (AvgIpc) is 2.85. The normalized spacial score (nSPS) is 20.3. The van der Waals surface area contributed by atoms with Gasteiger partial charge in [-0.2, -0.15) is 0 Å². The Bertz CT molecular complexity index is 717. The fourth-order valence-corrected chi connectivity index (χ4v) is 3.33. The van der Waals surface area contributed by atoms with Gasteiger partial charge in [0, 0.05) is 6.04 Å². The van der Waals surface area contributed by atoms with E-state index in [9.17, 15) is 14.4 Å². The minimum Gasteiger partial charge on any atom is -0.497 e. The molecule has 1 saturated heterocycles. The molecule has 0 bridgehead atoms. The van der Waals surface area contributed by atoms with Crippen LogP contribution >= 0.6 is 0 Å². The van der Waals surface area contributed by atoms with E-state index in [2.05, 4.69) is 24.5 Å². The maximum atomic E-state index is 12.9. The van der Waals surface area contributed by atoms with Crippen LogP contribution in [-0.2, 0) is 15.1 Å². The highest BCUT2D eigenvalue weighted by Gasteiger charge is 2.49. The fourth-order valence-electron chi connectivity index (χ4n) is 3.33. The van der Waals surface area contributed by atoms with Gasteiger partial charge in [0.2, 0.25) is 5.91 Å². The Morgan fingerprint density at radius 3 is 2.39 bits per heavy atom. The van der Waals surface area contributed by atoms with E-state index in [0.717, 1.165) is 24.2 Å². The lowest BCUT2D eigenvalue weighted by molar-refractivity contribution is -0.135. The van der Waals surface area contributed by atoms with Gasteiger partial charge in [-0.25, -0.2) is 4.79 Å². The molecule has 2 atom stereocenters. The molecule has 1 aromatic carbocycles. The number of nitrogens with zero attached hydrogens (tertiary/aromatic N) is 1. The number of imide groups is 1. The summed E-state index contributed by atoms with van der Waals surface area (Å²) in [7, 11) is 1.56. The zero-order chi connectivity index (χ0) is 20.9. The zero-order valence-electron chi connectivity index (χ0n) is 17.4. The van der Waals surface area contributed by atoms with Crippen LogP contribution in [0.25, 0.3) is 0 Å². The number of methoxy groups -OCH3 is 1. The molecule has 4 amide bonds. The van der Waals surface area contributed by atoms with Gasteiger partial charge in [-0.15, -0.1) is 0 Å². The van der Waals surface area contributed by atoms with E-state index < -0.39 is 17.5 Å². The molecule has 0 saturated carbocycles. The van der Waals surface area contributed by atoms with Crippen LogP contribution in [0.3, 0.4) is 0 Å². The summed E-state index contributed by atoms with van der Waals surface area (Å²) < 4.78 is 5.13. The molecule has 1 heterocycles. The first kappa shape index (κ1) is 21.7. The Balaban J connectivity index is 1.98. The lowest BCUT2D eigenvalue weighted by Gasteiger charge is -2.22. The Kier molecular flexibility index (Phi) is 7.05. The number of carbonyl (C=O) groups is 3. The third-order valence-electron chi connectivity index (χ3n) is 5.07. The van der Waals surface area contributed by atoms with Crippen LogP contribution in [-0.4, -0.2) is 42.4 Å². The lowest BCUT2D eigenvalue weighted by Crippen LogP contribution is -2.45. The third-order valence-corrected chi connectivity index (χ3v) is 5.07. The van der Waals surface area contributed by atoms with E-state index in [-0.39, 0.29) is 18.5 Å². The second kappa shape index (κ2) is 9.08. The zero-order valence-corrected chi connectivity index (χ0v) is 17.4. The van der Waals surface area contributed by atoms with Crippen molar-refractivity contribution in [2.24, 2.45) is 5.92 Å². The summed E-state index contributed by atoms with van der Waals surface area (Å²) in [5, 5.41) is 5.58. The number of carbonyl (C=O) groups excluding carboxylic acids is 3. The highest BCUT2D eigenvalue weighted by molar-refractivity contribution is 6.09. The van der Waals surface area contributed by atoms with Crippen molar-refractivity contribution in [1.29, 1.82) is 0 Å². The Labute approximate surface area is 166 Å². The topological polar surface area (TPSA) is 87.7 Å². The molecule has 28 heavy (non-hydrogen) atoms. The number of nitrogens with one attached hydrogen (secondary N) is 2. The van der Waals surface area contributed by atoms with Gasteiger partial charge in [0.15, 0.2) is 0 Å². The molecular weight excluding hydrogens is 358 g/mol. The SMILES string of the molecule is COc1ccc([C@@]2(C)NC(=O)N(CC(=O)N[C@@H](C)CCCC(C)C)C2=O)cc1. The minimum atomic E-state index is -1.20. The number of amides is 4. The van der Waals surface area contributed by atoms with Gasteiger partial charge in [0.1, 0.15) is 17.8 Å². The summed E-state index contributed by atoms with van der Waals surface area (Å²) in [5.74, 6) is 0.515. The van der Waals surface area contributed by atoms with Gasteiger partial charge in [0.25, 0.3) is 5.91 Å². The largest absolute Gasteiger partial charge is 0.497 e. The van der Waals surface area contributed by atoms with Crippen LogP contribution in [0.5, 0.6) is 5.75 Å². The van der Waals surface area contributed by atoms with E-state index in [1.807, 2.05) is 6.92 Å². The molecule has 2 rings (SSSR count). The number of benzene rings is 1. The number of urea groups is 1. The minimum absolute atomic E-state index is 0.0000109. The molecule has 1 aliphatic heterocycles. The van der Waals surface area contributed by atoms with Crippen LogP contribution in [0.2, 0.25) is 0 Å². The second-order valence-electron chi connectivity index (χ2n) is 7.97. The van der Waals surface area contributed by atoms with Crippen molar-refractivity contribution in [2.45, 2.75) is 58.5 Å². The van der Waals surface area contributed by atoms with Gasteiger partial charge >= 0.3 is 6.03 Å². The van der Waals surface area contributed by atoms with Gasteiger partial charge in [-0.1, -0.05) is 38.8 Å². The maximum Gasteiger partial charge on any atom is 0.325 e. The van der Waals surface area contributed by atoms with Gasteiger partial charge < -0.3 is 15.4 Å². The van der Waals surface area contributed by atoms with Crippen LogP contribution in [0.1, 0.15) is 52.5 Å². The van der Waals surface area contributed by atoms with Crippen molar-refractivity contribution in [3.05, 3.63) is 29.8 Å². The second-order valence-corrected chi connectivity index (χ2v) is 7.97. The molecule has 154 valence electrons. The van der Waals surface area contributed by atoms with Crippen molar-refractivity contribution in [1.82, 2.24) is 15.5 Å². The van der Waals surface area contributed by atoms with Crippen LogP contribution < -0.4 is 15.4 Å². The molecule has 0 unspecified atom stereocenters. The molecule has 0 spiro atoms. The van der Waals surface area contributed by atoms with Gasteiger partial charge in [-0.05, 0) is 43.9 Å². The Hall–Kier alpha value is -2.57.